The minimum absolute atomic E-state index is 0.125. The van der Waals surface area contributed by atoms with Crippen LogP contribution in [0.1, 0.15) is 46.5 Å². The summed E-state index contributed by atoms with van der Waals surface area (Å²) in [5.74, 6) is 0. The van der Waals surface area contributed by atoms with Crippen LogP contribution in [0, 0.1) is 0 Å². The predicted octanol–water partition coefficient (Wildman–Crippen LogP) is 4.29. The van der Waals surface area contributed by atoms with E-state index in [-0.39, 0.29) is 11.1 Å². The Morgan fingerprint density at radius 2 is 1.67 bits per heavy atom. The molecule has 0 bridgehead atoms. The van der Waals surface area contributed by atoms with Crippen LogP contribution in [0.15, 0.2) is 0 Å². The molecule has 1 fully saturated rings. The average Bonchev–Trinajstić information content (AvgIpc) is 2.06. The van der Waals surface area contributed by atoms with E-state index < -0.39 is 14.5 Å². The molecule has 0 N–H and O–H groups in total. The van der Waals surface area contributed by atoms with Crippen molar-refractivity contribution in [3.8, 4) is 0 Å². The van der Waals surface area contributed by atoms with Gasteiger partial charge in [-0.25, -0.2) is 4.39 Å². The summed E-state index contributed by atoms with van der Waals surface area (Å²) in [6, 6.07) is 0. The van der Waals surface area contributed by atoms with Crippen LogP contribution in [-0.2, 0) is 4.43 Å². The second-order valence-corrected chi connectivity index (χ2v) is 11.0. The largest absolute Gasteiger partial charge is 0.411 e. The molecule has 1 aliphatic carbocycles. The highest BCUT2D eigenvalue weighted by molar-refractivity contribution is 6.74. The molecule has 1 rings (SSSR count). The van der Waals surface area contributed by atoms with E-state index in [1.807, 2.05) is 0 Å². The average molecular weight is 232 g/mol. The molecule has 90 valence electrons. The summed E-state index contributed by atoms with van der Waals surface area (Å²) in [5.41, 5.74) is 0. The summed E-state index contributed by atoms with van der Waals surface area (Å²) >= 11 is 0. The summed E-state index contributed by atoms with van der Waals surface area (Å²) in [7, 11) is -1.77. The SMILES string of the molecule is CC(C)(C)[Si](C)(C)OC1CCCC[C@@H]1F. The van der Waals surface area contributed by atoms with Gasteiger partial charge in [-0.05, 0) is 31.0 Å². The molecule has 0 heterocycles. The first-order valence-corrected chi connectivity index (χ1v) is 8.97. The van der Waals surface area contributed by atoms with E-state index in [1.54, 1.807) is 0 Å². The van der Waals surface area contributed by atoms with E-state index in [9.17, 15) is 4.39 Å². The van der Waals surface area contributed by atoms with Crippen LogP contribution in [0.3, 0.4) is 0 Å². The van der Waals surface area contributed by atoms with Gasteiger partial charge in [0.2, 0.25) is 0 Å². The van der Waals surface area contributed by atoms with Gasteiger partial charge in [-0.1, -0.05) is 33.6 Å². The minimum Gasteiger partial charge on any atom is -0.411 e. The second-order valence-electron chi connectivity index (χ2n) is 6.22. The van der Waals surface area contributed by atoms with Crippen LogP contribution in [0.4, 0.5) is 4.39 Å². The molecule has 0 aromatic carbocycles. The molecule has 1 unspecified atom stereocenters. The normalized spacial score (nSPS) is 29.2. The van der Waals surface area contributed by atoms with Gasteiger partial charge < -0.3 is 4.43 Å². The maximum absolute atomic E-state index is 13.7. The van der Waals surface area contributed by atoms with E-state index >= 15 is 0 Å². The lowest BCUT2D eigenvalue weighted by molar-refractivity contribution is 0.0528. The van der Waals surface area contributed by atoms with Crippen LogP contribution >= 0.6 is 0 Å². The van der Waals surface area contributed by atoms with Crippen molar-refractivity contribution in [2.75, 3.05) is 0 Å². The standard InChI is InChI=1S/C12H25FOSi/c1-12(2,3)15(4,5)14-11-9-7-6-8-10(11)13/h10-11H,6-9H2,1-5H3/t10-,11?/m0/s1. The highest BCUT2D eigenvalue weighted by Crippen LogP contribution is 2.39. The van der Waals surface area contributed by atoms with Crippen LogP contribution in [-0.4, -0.2) is 20.6 Å². The van der Waals surface area contributed by atoms with Crippen molar-refractivity contribution >= 4 is 8.32 Å². The van der Waals surface area contributed by atoms with Gasteiger partial charge in [-0.2, -0.15) is 0 Å². The topological polar surface area (TPSA) is 9.23 Å². The highest BCUT2D eigenvalue weighted by Gasteiger charge is 2.41. The number of rotatable bonds is 2. The lowest BCUT2D eigenvalue weighted by atomic mass is 9.96. The third-order valence-corrected chi connectivity index (χ3v) is 8.38. The Bertz CT molecular complexity index is 210. The fourth-order valence-electron chi connectivity index (χ4n) is 1.74. The molecule has 1 saturated carbocycles. The van der Waals surface area contributed by atoms with Crippen molar-refractivity contribution in [1.29, 1.82) is 0 Å². The maximum Gasteiger partial charge on any atom is 0.192 e. The molecular weight excluding hydrogens is 207 g/mol. The summed E-state index contributed by atoms with van der Waals surface area (Å²) in [4.78, 5) is 0. The lowest BCUT2D eigenvalue weighted by Gasteiger charge is -2.41. The monoisotopic (exact) mass is 232 g/mol. The summed E-state index contributed by atoms with van der Waals surface area (Å²) in [6.07, 6.45) is 2.90. The lowest BCUT2D eigenvalue weighted by Crippen LogP contribution is -2.47. The van der Waals surface area contributed by atoms with Gasteiger partial charge in [-0.15, -0.1) is 0 Å². The third-order valence-electron chi connectivity index (χ3n) is 3.87. The molecular formula is C12H25FOSi. The number of hydrogen-bond acceptors (Lipinski definition) is 1. The molecule has 0 aromatic rings. The molecule has 1 nitrogen and oxygen atoms in total. The van der Waals surface area contributed by atoms with Crippen molar-refractivity contribution in [1.82, 2.24) is 0 Å². The van der Waals surface area contributed by atoms with Gasteiger partial charge in [0.1, 0.15) is 6.17 Å². The number of halogens is 1. The first-order chi connectivity index (χ1) is 6.74. The molecule has 3 heteroatoms. The molecule has 0 saturated heterocycles. The number of alkyl halides is 1. The van der Waals surface area contributed by atoms with Gasteiger partial charge in [0.05, 0.1) is 6.10 Å². The predicted molar refractivity (Wildman–Crippen MR) is 65.4 cm³/mol. The first-order valence-electron chi connectivity index (χ1n) is 6.06. The van der Waals surface area contributed by atoms with Crippen molar-refractivity contribution in [3.63, 3.8) is 0 Å². The Kier molecular flexibility index (Phi) is 3.99. The Morgan fingerprint density at radius 3 is 2.13 bits per heavy atom. The van der Waals surface area contributed by atoms with E-state index in [4.69, 9.17) is 4.43 Å². The van der Waals surface area contributed by atoms with E-state index in [2.05, 4.69) is 33.9 Å². The summed E-state index contributed by atoms with van der Waals surface area (Å²) in [5, 5.41) is 0.185. The fraction of sp³-hybridized carbons (Fsp3) is 1.00. The molecule has 0 amide bonds. The Labute approximate surface area is 94.5 Å². The number of hydrogen-bond donors (Lipinski definition) is 0. The van der Waals surface area contributed by atoms with Gasteiger partial charge in [0.15, 0.2) is 8.32 Å². The van der Waals surface area contributed by atoms with Crippen LogP contribution in [0.2, 0.25) is 18.1 Å². The third kappa shape index (κ3) is 3.28. The molecule has 0 radical (unpaired) electrons. The molecule has 15 heavy (non-hydrogen) atoms. The molecule has 0 aliphatic heterocycles. The quantitative estimate of drug-likeness (QED) is 0.645. The second kappa shape index (κ2) is 4.54. The highest BCUT2D eigenvalue weighted by atomic mass is 28.4. The van der Waals surface area contributed by atoms with Crippen molar-refractivity contribution in [2.45, 2.75) is 76.9 Å². The zero-order valence-corrected chi connectivity index (χ0v) is 11.8. The van der Waals surface area contributed by atoms with E-state index in [0.717, 1.165) is 19.3 Å². The van der Waals surface area contributed by atoms with Gasteiger partial charge in [-0.3, -0.25) is 0 Å². The first kappa shape index (κ1) is 13.2. The maximum atomic E-state index is 13.7. The molecule has 0 spiro atoms. The molecule has 2 atom stereocenters. The Morgan fingerprint density at radius 1 is 1.13 bits per heavy atom. The summed E-state index contributed by atoms with van der Waals surface area (Å²) < 4.78 is 19.8. The van der Waals surface area contributed by atoms with Crippen molar-refractivity contribution < 1.29 is 8.82 Å². The van der Waals surface area contributed by atoms with Gasteiger partial charge in [0, 0.05) is 0 Å². The van der Waals surface area contributed by atoms with E-state index in [0.29, 0.717) is 6.42 Å². The van der Waals surface area contributed by atoms with Crippen molar-refractivity contribution in [2.24, 2.45) is 0 Å². The van der Waals surface area contributed by atoms with Gasteiger partial charge >= 0.3 is 0 Å². The fourth-order valence-corrected chi connectivity index (χ4v) is 3.12. The smallest absolute Gasteiger partial charge is 0.192 e. The van der Waals surface area contributed by atoms with Crippen LogP contribution < -0.4 is 0 Å². The summed E-state index contributed by atoms with van der Waals surface area (Å²) in [6.45, 7) is 11.0. The Hall–Kier alpha value is 0.107. The Balaban J connectivity index is 2.59. The van der Waals surface area contributed by atoms with Crippen LogP contribution in [0.5, 0.6) is 0 Å². The van der Waals surface area contributed by atoms with E-state index in [1.165, 1.54) is 0 Å². The van der Waals surface area contributed by atoms with Gasteiger partial charge in [0.25, 0.3) is 0 Å². The zero-order valence-electron chi connectivity index (χ0n) is 10.8. The van der Waals surface area contributed by atoms with Crippen molar-refractivity contribution in [3.05, 3.63) is 0 Å². The molecule has 0 aromatic heterocycles. The zero-order chi connectivity index (χ0) is 11.7. The van der Waals surface area contributed by atoms with Crippen LogP contribution in [0.25, 0.3) is 0 Å². The molecule has 1 aliphatic rings. The minimum atomic E-state index is -1.77.